The average molecular weight is 249 g/mol. The number of carboxylic acids is 1. The van der Waals surface area contributed by atoms with E-state index in [2.05, 4.69) is 39.6 Å². The number of aryl methyl sites for hydroxylation is 1. The molecule has 0 aliphatic carbocycles. The standard InChI is InChI=1S/C15H23NO2/c1-10-9-12(14(17)18)7-8-13(10)16(6)11(2)15(3,4)5/h7-9,11H,1-6H3,(H,17,18). The Morgan fingerprint density at radius 2 is 1.89 bits per heavy atom. The summed E-state index contributed by atoms with van der Waals surface area (Å²) in [4.78, 5) is 13.1. The Kier molecular flexibility index (Phi) is 4.05. The van der Waals surface area contributed by atoms with E-state index in [1.165, 1.54) is 0 Å². The van der Waals surface area contributed by atoms with E-state index in [4.69, 9.17) is 5.11 Å². The quantitative estimate of drug-likeness (QED) is 0.890. The van der Waals surface area contributed by atoms with Gasteiger partial charge < -0.3 is 10.0 Å². The lowest BCUT2D eigenvalue weighted by molar-refractivity contribution is 0.0697. The van der Waals surface area contributed by atoms with Crippen molar-refractivity contribution < 1.29 is 9.90 Å². The molecule has 0 aromatic heterocycles. The number of rotatable bonds is 3. The van der Waals surface area contributed by atoms with Crippen LogP contribution in [-0.2, 0) is 0 Å². The molecule has 0 saturated carbocycles. The molecule has 0 fully saturated rings. The van der Waals surface area contributed by atoms with E-state index in [0.717, 1.165) is 11.3 Å². The fourth-order valence-corrected chi connectivity index (χ4v) is 1.97. The number of hydrogen-bond acceptors (Lipinski definition) is 2. The van der Waals surface area contributed by atoms with Crippen molar-refractivity contribution in [1.29, 1.82) is 0 Å². The molecule has 1 atom stereocenters. The summed E-state index contributed by atoms with van der Waals surface area (Å²) in [5.41, 5.74) is 2.59. The van der Waals surface area contributed by atoms with Crippen molar-refractivity contribution in [2.45, 2.75) is 40.7 Å². The van der Waals surface area contributed by atoms with Crippen LogP contribution < -0.4 is 4.90 Å². The number of anilines is 1. The molecule has 0 amide bonds. The van der Waals surface area contributed by atoms with Gasteiger partial charge in [0.05, 0.1) is 5.56 Å². The molecule has 1 unspecified atom stereocenters. The van der Waals surface area contributed by atoms with Gasteiger partial charge in [-0.25, -0.2) is 4.79 Å². The van der Waals surface area contributed by atoms with Crippen LogP contribution in [0.3, 0.4) is 0 Å². The minimum Gasteiger partial charge on any atom is -0.478 e. The van der Waals surface area contributed by atoms with Crippen LogP contribution in [0.4, 0.5) is 5.69 Å². The number of benzene rings is 1. The summed E-state index contributed by atoms with van der Waals surface area (Å²) in [6.07, 6.45) is 0. The molecule has 0 aliphatic rings. The lowest BCUT2D eigenvalue weighted by atomic mass is 9.86. The molecular formula is C15H23NO2. The third kappa shape index (κ3) is 3.03. The second-order valence-corrected chi connectivity index (χ2v) is 5.96. The number of hydrogen-bond donors (Lipinski definition) is 1. The molecule has 1 N–H and O–H groups in total. The number of carboxylic acid groups (broad SMARTS) is 1. The van der Waals surface area contributed by atoms with Gasteiger partial charge in [-0.2, -0.15) is 0 Å². The van der Waals surface area contributed by atoms with E-state index in [-0.39, 0.29) is 5.41 Å². The summed E-state index contributed by atoms with van der Waals surface area (Å²) in [6.45, 7) is 10.7. The molecule has 0 aliphatic heterocycles. The van der Waals surface area contributed by atoms with Crippen LogP contribution in [0.15, 0.2) is 18.2 Å². The smallest absolute Gasteiger partial charge is 0.335 e. The zero-order chi connectivity index (χ0) is 14.1. The van der Waals surface area contributed by atoms with Gasteiger partial charge in [0.2, 0.25) is 0 Å². The molecule has 1 aromatic rings. The maximum absolute atomic E-state index is 10.9. The van der Waals surface area contributed by atoms with Crippen molar-refractivity contribution in [3.05, 3.63) is 29.3 Å². The fourth-order valence-electron chi connectivity index (χ4n) is 1.97. The van der Waals surface area contributed by atoms with Crippen LogP contribution in [0.25, 0.3) is 0 Å². The largest absolute Gasteiger partial charge is 0.478 e. The Morgan fingerprint density at radius 3 is 2.28 bits per heavy atom. The van der Waals surface area contributed by atoms with E-state index in [1.807, 2.05) is 13.0 Å². The predicted molar refractivity (Wildman–Crippen MR) is 75.5 cm³/mol. The highest BCUT2D eigenvalue weighted by molar-refractivity contribution is 5.88. The highest BCUT2D eigenvalue weighted by atomic mass is 16.4. The van der Waals surface area contributed by atoms with Crippen molar-refractivity contribution in [3.8, 4) is 0 Å². The molecule has 0 radical (unpaired) electrons. The monoisotopic (exact) mass is 249 g/mol. The van der Waals surface area contributed by atoms with E-state index >= 15 is 0 Å². The van der Waals surface area contributed by atoms with E-state index in [0.29, 0.717) is 11.6 Å². The van der Waals surface area contributed by atoms with Crippen molar-refractivity contribution in [1.82, 2.24) is 0 Å². The molecule has 0 bridgehead atoms. The van der Waals surface area contributed by atoms with Gasteiger partial charge in [0, 0.05) is 18.8 Å². The average Bonchev–Trinajstić information content (AvgIpc) is 2.25. The summed E-state index contributed by atoms with van der Waals surface area (Å²) >= 11 is 0. The zero-order valence-corrected chi connectivity index (χ0v) is 12.1. The minimum atomic E-state index is -0.879. The molecule has 0 heterocycles. The van der Waals surface area contributed by atoms with Gasteiger partial charge in [0.15, 0.2) is 0 Å². The molecule has 0 spiro atoms. The van der Waals surface area contributed by atoms with Gasteiger partial charge >= 0.3 is 5.97 Å². The molecule has 0 saturated heterocycles. The summed E-state index contributed by atoms with van der Waals surface area (Å²) in [6, 6.07) is 5.65. The summed E-state index contributed by atoms with van der Waals surface area (Å²) in [5.74, 6) is -0.879. The molecular weight excluding hydrogens is 226 g/mol. The first-order chi connectivity index (χ1) is 8.14. The van der Waals surface area contributed by atoms with Crippen molar-refractivity contribution >= 4 is 11.7 Å². The molecule has 3 nitrogen and oxygen atoms in total. The number of nitrogens with zero attached hydrogens (tertiary/aromatic N) is 1. The van der Waals surface area contributed by atoms with Gasteiger partial charge in [-0.1, -0.05) is 20.8 Å². The lowest BCUT2D eigenvalue weighted by Gasteiger charge is -2.37. The maximum atomic E-state index is 10.9. The molecule has 18 heavy (non-hydrogen) atoms. The lowest BCUT2D eigenvalue weighted by Crippen LogP contribution is -2.39. The normalized spacial score (nSPS) is 13.2. The molecule has 100 valence electrons. The highest BCUT2D eigenvalue weighted by Crippen LogP contribution is 2.29. The van der Waals surface area contributed by atoms with Crippen LogP contribution in [0, 0.1) is 12.3 Å². The van der Waals surface area contributed by atoms with Crippen LogP contribution in [0.5, 0.6) is 0 Å². The van der Waals surface area contributed by atoms with Crippen molar-refractivity contribution in [2.75, 3.05) is 11.9 Å². The Balaban J connectivity index is 3.08. The molecule has 3 heteroatoms. The Hall–Kier alpha value is -1.51. The van der Waals surface area contributed by atoms with E-state index in [9.17, 15) is 4.79 Å². The third-order valence-electron chi connectivity index (χ3n) is 3.66. The van der Waals surface area contributed by atoms with Gasteiger partial charge in [0.25, 0.3) is 0 Å². The van der Waals surface area contributed by atoms with Crippen LogP contribution in [0.1, 0.15) is 43.6 Å². The third-order valence-corrected chi connectivity index (χ3v) is 3.66. The minimum absolute atomic E-state index is 0.173. The SMILES string of the molecule is Cc1cc(C(=O)O)ccc1N(C)C(C)C(C)(C)C. The Labute approximate surface area is 109 Å². The summed E-state index contributed by atoms with van der Waals surface area (Å²) in [7, 11) is 2.05. The van der Waals surface area contributed by atoms with Crippen LogP contribution >= 0.6 is 0 Å². The first kappa shape index (κ1) is 14.6. The maximum Gasteiger partial charge on any atom is 0.335 e. The number of aromatic carboxylic acids is 1. The van der Waals surface area contributed by atoms with Gasteiger partial charge in [-0.15, -0.1) is 0 Å². The zero-order valence-electron chi connectivity index (χ0n) is 12.1. The topological polar surface area (TPSA) is 40.5 Å². The predicted octanol–water partition coefficient (Wildman–Crippen LogP) is 3.56. The summed E-state index contributed by atoms with van der Waals surface area (Å²) < 4.78 is 0. The second kappa shape index (κ2) is 5.01. The first-order valence-corrected chi connectivity index (χ1v) is 6.21. The highest BCUT2D eigenvalue weighted by Gasteiger charge is 2.25. The van der Waals surface area contributed by atoms with Crippen molar-refractivity contribution in [3.63, 3.8) is 0 Å². The second-order valence-electron chi connectivity index (χ2n) is 5.96. The van der Waals surface area contributed by atoms with E-state index < -0.39 is 5.97 Å². The summed E-state index contributed by atoms with van der Waals surface area (Å²) in [5, 5.41) is 8.96. The fraction of sp³-hybridized carbons (Fsp3) is 0.533. The Morgan fingerprint density at radius 1 is 1.33 bits per heavy atom. The molecule has 1 aromatic carbocycles. The van der Waals surface area contributed by atoms with Crippen molar-refractivity contribution in [2.24, 2.45) is 5.41 Å². The first-order valence-electron chi connectivity index (χ1n) is 6.21. The van der Waals surface area contributed by atoms with Gasteiger partial charge in [0.1, 0.15) is 0 Å². The van der Waals surface area contributed by atoms with Crippen LogP contribution in [-0.4, -0.2) is 24.2 Å². The van der Waals surface area contributed by atoms with Gasteiger partial charge in [-0.3, -0.25) is 0 Å². The van der Waals surface area contributed by atoms with E-state index in [1.54, 1.807) is 12.1 Å². The Bertz CT molecular complexity index is 446. The van der Waals surface area contributed by atoms with Crippen LogP contribution in [0.2, 0.25) is 0 Å². The number of carbonyl (C=O) groups is 1. The van der Waals surface area contributed by atoms with Gasteiger partial charge in [-0.05, 0) is 43.0 Å². The molecule has 1 rings (SSSR count).